The molecule has 1 spiro atoms. The molecule has 3 saturated carbocycles. The Morgan fingerprint density at radius 2 is 1.69 bits per heavy atom. The summed E-state index contributed by atoms with van der Waals surface area (Å²) in [5, 5.41) is 13.0. The number of carboxylic acids is 1. The Morgan fingerprint density at radius 3 is 2.12 bits per heavy atom. The SMILES string of the molecule is O=C(O)C1(NC2CCCCC2)CCC12CC2. The molecule has 3 rings (SSSR count). The molecule has 16 heavy (non-hydrogen) atoms. The van der Waals surface area contributed by atoms with Crippen LogP contribution >= 0.6 is 0 Å². The molecule has 3 aliphatic carbocycles. The summed E-state index contributed by atoms with van der Waals surface area (Å²) in [4.78, 5) is 11.6. The van der Waals surface area contributed by atoms with Crippen LogP contribution in [-0.2, 0) is 4.79 Å². The summed E-state index contributed by atoms with van der Waals surface area (Å²) in [5.74, 6) is -0.596. The summed E-state index contributed by atoms with van der Waals surface area (Å²) < 4.78 is 0. The second kappa shape index (κ2) is 3.46. The molecule has 1 unspecified atom stereocenters. The molecule has 3 nitrogen and oxygen atoms in total. The Morgan fingerprint density at radius 1 is 1.06 bits per heavy atom. The highest BCUT2D eigenvalue weighted by atomic mass is 16.4. The van der Waals surface area contributed by atoms with Gasteiger partial charge in [-0.25, -0.2) is 0 Å². The molecule has 0 heterocycles. The number of nitrogens with one attached hydrogen (secondary N) is 1. The molecular formula is C13H21NO2. The molecular weight excluding hydrogens is 202 g/mol. The van der Waals surface area contributed by atoms with Crippen molar-refractivity contribution in [3.05, 3.63) is 0 Å². The molecule has 0 aromatic heterocycles. The van der Waals surface area contributed by atoms with Gasteiger partial charge in [-0.05, 0) is 43.9 Å². The average molecular weight is 223 g/mol. The van der Waals surface area contributed by atoms with Gasteiger partial charge >= 0.3 is 5.97 Å². The monoisotopic (exact) mass is 223 g/mol. The minimum atomic E-state index is -0.596. The lowest BCUT2D eigenvalue weighted by atomic mass is 9.62. The second-order valence-corrected chi connectivity index (χ2v) is 5.97. The van der Waals surface area contributed by atoms with Crippen molar-refractivity contribution in [3.63, 3.8) is 0 Å². The number of rotatable bonds is 3. The average Bonchev–Trinajstić information content (AvgIpc) is 3.07. The predicted molar refractivity (Wildman–Crippen MR) is 61.3 cm³/mol. The highest BCUT2D eigenvalue weighted by Crippen LogP contribution is 2.66. The maximum Gasteiger partial charge on any atom is 0.324 e. The van der Waals surface area contributed by atoms with Crippen LogP contribution in [0, 0.1) is 5.41 Å². The van der Waals surface area contributed by atoms with Crippen LogP contribution in [0.15, 0.2) is 0 Å². The molecule has 2 N–H and O–H groups in total. The summed E-state index contributed by atoms with van der Waals surface area (Å²) in [6, 6.07) is 0.461. The Balaban J connectivity index is 1.72. The predicted octanol–water partition coefficient (Wildman–Crippen LogP) is 2.31. The van der Waals surface area contributed by atoms with E-state index in [4.69, 9.17) is 0 Å². The first-order valence-electron chi connectivity index (χ1n) is 6.70. The number of aliphatic carboxylic acids is 1. The van der Waals surface area contributed by atoms with Crippen LogP contribution in [0.3, 0.4) is 0 Å². The fourth-order valence-electron chi connectivity index (χ4n) is 3.77. The van der Waals surface area contributed by atoms with Gasteiger partial charge in [0, 0.05) is 6.04 Å². The van der Waals surface area contributed by atoms with Crippen LogP contribution in [0.25, 0.3) is 0 Å². The second-order valence-electron chi connectivity index (χ2n) is 5.97. The molecule has 0 amide bonds. The smallest absolute Gasteiger partial charge is 0.324 e. The first-order chi connectivity index (χ1) is 7.69. The zero-order valence-electron chi connectivity index (χ0n) is 9.80. The van der Waals surface area contributed by atoms with E-state index in [0.717, 1.165) is 25.7 Å². The van der Waals surface area contributed by atoms with E-state index in [9.17, 15) is 9.90 Å². The number of hydrogen-bond acceptors (Lipinski definition) is 2. The summed E-state index contributed by atoms with van der Waals surface area (Å²) >= 11 is 0. The molecule has 0 radical (unpaired) electrons. The van der Waals surface area contributed by atoms with E-state index in [2.05, 4.69) is 5.32 Å². The molecule has 0 bridgehead atoms. The highest BCUT2D eigenvalue weighted by Gasteiger charge is 2.70. The van der Waals surface area contributed by atoms with Gasteiger partial charge < -0.3 is 5.11 Å². The number of carboxylic acid groups (broad SMARTS) is 1. The fourth-order valence-corrected chi connectivity index (χ4v) is 3.77. The van der Waals surface area contributed by atoms with E-state index in [0.29, 0.717) is 6.04 Å². The molecule has 90 valence electrons. The van der Waals surface area contributed by atoms with Crippen LogP contribution in [0.1, 0.15) is 57.8 Å². The van der Waals surface area contributed by atoms with Gasteiger partial charge in [0.15, 0.2) is 0 Å². The van der Waals surface area contributed by atoms with E-state index >= 15 is 0 Å². The van der Waals surface area contributed by atoms with Crippen molar-refractivity contribution in [2.45, 2.75) is 69.4 Å². The van der Waals surface area contributed by atoms with Crippen LogP contribution < -0.4 is 5.32 Å². The zero-order chi connectivity index (χ0) is 11.2. The molecule has 3 heteroatoms. The van der Waals surface area contributed by atoms with Crippen molar-refractivity contribution in [1.29, 1.82) is 0 Å². The topological polar surface area (TPSA) is 49.3 Å². The molecule has 0 aromatic rings. The third kappa shape index (κ3) is 1.33. The van der Waals surface area contributed by atoms with Gasteiger partial charge in [-0.1, -0.05) is 19.3 Å². The molecule has 1 atom stereocenters. The van der Waals surface area contributed by atoms with Gasteiger partial charge in [0.1, 0.15) is 5.54 Å². The minimum Gasteiger partial charge on any atom is -0.480 e. The van der Waals surface area contributed by atoms with E-state index in [1.807, 2.05) is 0 Å². The van der Waals surface area contributed by atoms with Crippen molar-refractivity contribution in [3.8, 4) is 0 Å². The van der Waals surface area contributed by atoms with Crippen molar-refractivity contribution < 1.29 is 9.90 Å². The van der Waals surface area contributed by atoms with E-state index in [1.54, 1.807) is 0 Å². The van der Waals surface area contributed by atoms with Crippen LogP contribution in [0.2, 0.25) is 0 Å². The van der Waals surface area contributed by atoms with Crippen molar-refractivity contribution >= 4 is 5.97 Å². The quantitative estimate of drug-likeness (QED) is 0.772. The molecule has 0 aromatic carbocycles. The van der Waals surface area contributed by atoms with E-state index < -0.39 is 11.5 Å². The van der Waals surface area contributed by atoms with Crippen LogP contribution in [0.5, 0.6) is 0 Å². The molecule has 0 saturated heterocycles. The third-order valence-corrected chi connectivity index (χ3v) is 5.16. The summed E-state index contributed by atoms with van der Waals surface area (Å²) in [6.45, 7) is 0. The van der Waals surface area contributed by atoms with Gasteiger partial charge in [0.2, 0.25) is 0 Å². The standard InChI is InChI=1S/C13H21NO2/c15-11(16)13(9-8-12(13)6-7-12)14-10-4-2-1-3-5-10/h10,14H,1-9H2,(H,15,16). The first kappa shape index (κ1) is 10.6. The van der Waals surface area contributed by atoms with E-state index in [1.165, 1.54) is 32.1 Å². The van der Waals surface area contributed by atoms with Gasteiger partial charge in [-0.2, -0.15) is 0 Å². The lowest BCUT2D eigenvalue weighted by Crippen LogP contribution is -2.67. The Hall–Kier alpha value is -0.570. The Kier molecular flexibility index (Phi) is 2.29. The lowest BCUT2D eigenvalue weighted by Gasteiger charge is -2.50. The molecule has 3 aliphatic rings. The summed E-state index contributed by atoms with van der Waals surface area (Å²) in [7, 11) is 0. The maximum absolute atomic E-state index is 11.6. The van der Waals surface area contributed by atoms with Crippen LogP contribution in [-0.4, -0.2) is 22.7 Å². The van der Waals surface area contributed by atoms with Gasteiger partial charge in [-0.3, -0.25) is 10.1 Å². The third-order valence-electron chi connectivity index (χ3n) is 5.16. The molecule has 3 fully saturated rings. The number of hydrogen-bond donors (Lipinski definition) is 2. The van der Waals surface area contributed by atoms with Gasteiger partial charge in [0.25, 0.3) is 0 Å². The van der Waals surface area contributed by atoms with Crippen molar-refractivity contribution in [1.82, 2.24) is 5.32 Å². The van der Waals surface area contributed by atoms with Crippen molar-refractivity contribution in [2.75, 3.05) is 0 Å². The fraction of sp³-hybridized carbons (Fsp3) is 0.923. The van der Waals surface area contributed by atoms with Gasteiger partial charge in [0.05, 0.1) is 0 Å². The van der Waals surface area contributed by atoms with Crippen molar-refractivity contribution in [2.24, 2.45) is 5.41 Å². The van der Waals surface area contributed by atoms with E-state index in [-0.39, 0.29) is 5.41 Å². The Labute approximate surface area is 96.6 Å². The largest absolute Gasteiger partial charge is 0.480 e. The number of carbonyl (C=O) groups is 1. The normalized spacial score (nSPS) is 37.0. The molecule has 0 aliphatic heterocycles. The van der Waals surface area contributed by atoms with Gasteiger partial charge in [-0.15, -0.1) is 0 Å². The minimum absolute atomic E-state index is 0.149. The summed E-state index contributed by atoms with van der Waals surface area (Å²) in [6.07, 6.45) is 10.4. The Bertz CT molecular complexity index is 305. The lowest BCUT2D eigenvalue weighted by molar-refractivity contribution is -0.156. The first-order valence-corrected chi connectivity index (χ1v) is 6.70. The zero-order valence-corrected chi connectivity index (χ0v) is 9.80. The summed E-state index contributed by atoms with van der Waals surface area (Å²) in [5.41, 5.74) is -0.398. The van der Waals surface area contributed by atoms with Crippen LogP contribution in [0.4, 0.5) is 0 Å². The maximum atomic E-state index is 11.6. The highest BCUT2D eigenvalue weighted by molar-refractivity contribution is 5.82.